The van der Waals surface area contributed by atoms with Gasteiger partial charge < -0.3 is 24.4 Å². The van der Waals surface area contributed by atoms with E-state index in [4.69, 9.17) is 9.47 Å². The Hall–Kier alpha value is -3.57. The first kappa shape index (κ1) is 28.9. The molecule has 3 saturated heterocycles. The Morgan fingerprint density at radius 3 is 2.78 bits per heavy atom. The molecule has 1 aromatic carbocycles. The maximum atomic E-state index is 14.4. The predicted octanol–water partition coefficient (Wildman–Crippen LogP) is 2.45. The fourth-order valence-corrected chi connectivity index (χ4v) is 7.09. The number of aliphatic hydroxyl groups is 1. The van der Waals surface area contributed by atoms with Crippen LogP contribution in [0.3, 0.4) is 0 Å². The second-order valence-electron chi connectivity index (χ2n) is 11.1. The van der Waals surface area contributed by atoms with E-state index in [1.807, 2.05) is 37.3 Å². The third-order valence-electron chi connectivity index (χ3n) is 8.94. The van der Waals surface area contributed by atoms with Crippen LogP contribution in [-0.4, -0.2) is 91.2 Å². The average Bonchev–Trinajstić information content (AvgIpc) is 3.70. The first-order valence-corrected chi connectivity index (χ1v) is 14.4. The van der Waals surface area contributed by atoms with Gasteiger partial charge in [0.1, 0.15) is 29.7 Å². The molecule has 11 heteroatoms. The highest BCUT2D eigenvalue weighted by Crippen LogP contribution is 2.64. The van der Waals surface area contributed by atoms with E-state index in [0.717, 1.165) is 18.4 Å². The quantitative estimate of drug-likeness (QED) is 0.210. The summed E-state index contributed by atoms with van der Waals surface area (Å²) in [4.78, 5) is 45.0. The summed E-state index contributed by atoms with van der Waals surface area (Å²) < 4.78 is 14.1. The van der Waals surface area contributed by atoms with Crippen molar-refractivity contribution in [1.29, 1.82) is 0 Å². The lowest BCUT2D eigenvalue weighted by atomic mass is 9.65. The van der Waals surface area contributed by atoms with Crippen molar-refractivity contribution in [1.82, 2.24) is 24.8 Å². The van der Waals surface area contributed by atoms with Gasteiger partial charge >= 0.3 is 5.97 Å². The molecule has 0 saturated carbocycles. The van der Waals surface area contributed by atoms with Gasteiger partial charge in [-0.15, -0.1) is 18.3 Å². The number of esters is 1. The molecule has 3 aliphatic heterocycles. The van der Waals surface area contributed by atoms with Crippen molar-refractivity contribution in [2.75, 3.05) is 26.3 Å². The average molecular weight is 566 g/mol. The summed E-state index contributed by atoms with van der Waals surface area (Å²) in [5.74, 6) is -2.85. The number of para-hydroxylation sites is 1. The number of fused-ring (bicyclic) bond motifs is 2. The highest BCUT2D eigenvalue weighted by atomic mass is 16.6. The van der Waals surface area contributed by atoms with Gasteiger partial charge in [-0.25, -0.2) is 4.68 Å². The van der Waals surface area contributed by atoms with Crippen molar-refractivity contribution < 1.29 is 29.0 Å². The smallest absolute Gasteiger partial charge is 0.312 e. The lowest BCUT2D eigenvalue weighted by molar-refractivity contribution is -0.162. The van der Waals surface area contributed by atoms with E-state index in [0.29, 0.717) is 31.2 Å². The molecule has 41 heavy (non-hydrogen) atoms. The molecule has 0 radical (unpaired) electrons. The number of amides is 2. The van der Waals surface area contributed by atoms with Crippen LogP contribution in [0.1, 0.15) is 45.4 Å². The summed E-state index contributed by atoms with van der Waals surface area (Å²) in [5.41, 5.74) is -0.619. The summed E-state index contributed by atoms with van der Waals surface area (Å²) in [6.45, 7) is 9.64. The highest BCUT2D eigenvalue weighted by molar-refractivity contribution is 5.98. The number of allylic oxidation sites excluding steroid dienone is 1. The maximum Gasteiger partial charge on any atom is 0.312 e. The fourth-order valence-electron chi connectivity index (χ4n) is 7.09. The van der Waals surface area contributed by atoms with Crippen LogP contribution in [0, 0.1) is 11.8 Å². The van der Waals surface area contributed by atoms with E-state index < -0.39 is 35.0 Å². The molecule has 3 fully saturated rings. The molecule has 5 atom stereocenters. The normalized spacial score (nSPS) is 28.2. The summed E-state index contributed by atoms with van der Waals surface area (Å²) in [7, 11) is 0. The Balaban J connectivity index is 1.47. The van der Waals surface area contributed by atoms with Crippen LogP contribution >= 0.6 is 0 Å². The maximum absolute atomic E-state index is 14.4. The van der Waals surface area contributed by atoms with Crippen LogP contribution in [0.4, 0.5) is 0 Å². The number of unbranched alkanes of at least 4 members (excludes halogenated alkanes) is 2. The van der Waals surface area contributed by atoms with Crippen LogP contribution in [0.15, 0.2) is 49.6 Å². The SMILES string of the molecule is C=CCCCCOC(=O)[C@@H]1[C@H]2C(=O)N(CCO)C(C(=O)N(CC=C)Cn3nnc4ccccc43)C23CC[C@@]1(CC)O3. The van der Waals surface area contributed by atoms with Crippen LogP contribution in [0.5, 0.6) is 0 Å². The third kappa shape index (κ3) is 4.74. The molecule has 1 spiro atoms. The first-order valence-electron chi connectivity index (χ1n) is 14.4. The minimum absolute atomic E-state index is 0.0481. The fraction of sp³-hybridized carbons (Fsp3) is 0.567. The zero-order valence-electron chi connectivity index (χ0n) is 23.6. The van der Waals surface area contributed by atoms with Gasteiger partial charge in [0.25, 0.3) is 0 Å². The Bertz CT molecular complexity index is 1330. The second-order valence-corrected chi connectivity index (χ2v) is 11.1. The van der Waals surface area contributed by atoms with Gasteiger partial charge in [-0.3, -0.25) is 14.4 Å². The van der Waals surface area contributed by atoms with Crippen LogP contribution in [0.25, 0.3) is 11.0 Å². The number of benzene rings is 1. The largest absolute Gasteiger partial charge is 0.465 e. The van der Waals surface area contributed by atoms with Crippen LogP contribution in [0.2, 0.25) is 0 Å². The van der Waals surface area contributed by atoms with Crippen LogP contribution in [-0.2, 0) is 30.5 Å². The number of rotatable bonds is 14. The number of carbonyl (C=O) groups excluding carboxylic acids is 3. The summed E-state index contributed by atoms with van der Waals surface area (Å²) in [5, 5.41) is 18.3. The molecular formula is C30H39N5O6. The number of β-amino-alcohol motifs (C(OH)–C–C–N with tert-alkyl or cyclic N) is 1. The lowest BCUT2D eigenvalue weighted by Gasteiger charge is -2.36. The number of aliphatic hydroxyl groups excluding tert-OH is 1. The van der Waals surface area contributed by atoms with Gasteiger partial charge in [-0.1, -0.05) is 36.4 Å². The molecule has 2 bridgehead atoms. The second kappa shape index (κ2) is 11.7. The molecule has 220 valence electrons. The lowest BCUT2D eigenvalue weighted by Crippen LogP contribution is -2.56. The molecule has 3 aliphatic rings. The van der Waals surface area contributed by atoms with Crippen molar-refractivity contribution in [3.05, 3.63) is 49.6 Å². The molecule has 5 rings (SSSR count). The topological polar surface area (TPSA) is 127 Å². The van der Waals surface area contributed by atoms with Gasteiger partial charge in [0.05, 0.1) is 30.2 Å². The van der Waals surface area contributed by atoms with Crippen molar-refractivity contribution in [2.24, 2.45) is 11.8 Å². The van der Waals surface area contributed by atoms with Crippen molar-refractivity contribution >= 4 is 28.8 Å². The van der Waals surface area contributed by atoms with Crippen LogP contribution < -0.4 is 0 Å². The Kier molecular flexibility index (Phi) is 8.28. The van der Waals surface area contributed by atoms with E-state index in [1.54, 1.807) is 15.7 Å². The monoisotopic (exact) mass is 565 g/mol. The Morgan fingerprint density at radius 2 is 2.05 bits per heavy atom. The van der Waals surface area contributed by atoms with Gasteiger partial charge in [-0.2, -0.15) is 0 Å². The van der Waals surface area contributed by atoms with E-state index in [-0.39, 0.29) is 44.8 Å². The minimum Gasteiger partial charge on any atom is -0.465 e. The van der Waals surface area contributed by atoms with E-state index in [9.17, 15) is 19.5 Å². The van der Waals surface area contributed by atoms with E-state index in [1.165, 1.54) is 4.90 Å². The Labute approximate surface area is 239 Å². The first-order chi connectivity index (χ1) is 19.9. The molecule has 1 aromatic heterocycles. The zero-order chi connectivity index (χ0) is 29.2. The van der Waals surface area contributed by atoms with Gasteiger partial charge in [0, 0.05) is 13.1 Å². The third-order valence-corrected chi connectivity index (χ3v) is 8.94. The predicted molar refractivity (Wildman–Crippen MR) is 150 cm³/mol. The number of aromatic nitrogens is 3. The minimum atomic E-state index is -1.20. The number of ether oxygens (including phenoxy) is 2. The Morgan fingerprint density at radius 1 is 1.24 bits per heavy atom. The molecular weight excluding hydrogens is 526 g/mol. The zero-order valence-corrected chi connectivity index (χ0v) is 23.6. The van der Waals surface area contributed by atoms with Gasteiger partial charge in [-0.05, 0) is 50.7 Å². The summed E-state index contributed by atoms with van der Waals surface area (Å²) in [6.07, 6.45) is 7.32. The molecule has 1 N–H and O–H groups in total. The standard InChI is InChI=1S/C30H39N5O6/c1-4-7-8-11-19-40-28(39)24-23-26(37)34(17-18-36)25(30(23)15-14-29(24,6-3)41-30)27(38)33(16-5-2)20-35-22-13-10-9-12-21(22)31-32-35/h4-5,9-10,12-13,23-25,36H,1-2,6-8,11,14-20H2,3H3/t23-,24-,25?,29+,30?/m0/s1. The number of carbonyl (C=O) groups is 3. The number of hydrogen-bond acceptors (Lipinski definition) is 8. The van der Waals surface area contributed by atoms with Gasteiger partial charge in [0.2, 0.25) is 11.8 Å². The number of nitrogens with zero attached hydrogens (tertiary/aromatic N) is 5. The molecule has 11 nitrogen and oxygen atoms in total. The molecule has 2 amide bonds. The number of likely N-dealkylation sites (tertiary alicyclic amines) is 1. The number of hydrogen-bond donors (Lipinski definition) is 1. The van der Waals surface area contributed by atoms with Crippen molar-refractivity contribution in [3.8, 4) is 0 Å². The summed E-state index contributed by atoms with van der Waals surface area (Å²) in [6, 6.07) is 6.44. The van der Waals surface area contributed by atoms with Crippen molar-refractivity contribution in [3.63, 3.8) is 0 Å². The summed E-state index contributed by atoms with van der Waals surface area (Å²) >= 11 is 0. The molecule has 2 unspecified atom stereocenters. The molecule has 2 aromatic rings. The van der Waals surface area contributed by atoms with E-state index >= 15 is 0 Å². The van der Waals surface area contributed by atoms with E-state index in [2.05, 4.69) is 23.5 Å². The molecule has 0 aliphatic carbocycles. The molecule has 4 heterocycles. The van der Waals surface area contributed by atoms with Gasteiger partial charge in [0.15, 0.2) is 0 Å². The highest BCUT2D eigenvalue weighted by Gasteiger charge is 2.79. The van der Waals surface area contributed by atoms with Crippen molar-refractivity contribution in [2.45, 2.75) is 69.4 Å².